The number of rotatable bonds is 6. The summed E-state index contributed by atoms with van der Waals surface area (Å²) in [6.07, 6.45) is 1.71. The molecule has 0 saturated carbocycles. The van der Waals surface area contributed by atoms with Crippen LogP contribution < -0.4 is 0 Å². The highest BCUT2D eigenvalue weighted by Crippen LogP contribution is 2.28. The van der Waals surface area contributed by atoms with Crippen molar-refractivity contribution >= 4 is 15.9 Å². The van der Waals surface area contributed by atoms with Gasteiger partial charge in [-0.25, -0.2) is 8.42 Å². The minimum Gasteiger partial charge on any atom is -0.395 e. The van der Waals surface area contributed by atoms with E-state index in [2.05, 4.69) is 6.92 Å². The summed E-state index contributed by atoms with van der Waals surface area (Å²) in [6.45, 7) is 9.19. The summed E-state index contributed by atoms with van der Waals surface area (Å²) in [5.74, 6) is 0.280. The second-order valence-electron chi connectivity index (χ2n) is 7.11. The van der Waals surface area contributed by atoms with E-state index < -0.39 is 10.0 Å². The maximum absolute atomic E-state index is 13.2. The van der Waals surface area contributed by atoms with Gasteiger partial charge < -0.3 is 10.0 Å². The number of benzene rings is 1. The van der Waals surface area contributed by atoms with Crippen molar-refractivity contribution in [2.45, 2.75) is 45.4 Å². The lowest BCUT2D eigenvalue weighted by Gasteiger charge is -2.30. The van der Waals surface area contributed by atoms with Crippen LogP contribution in [-0.4, -0.2) is 61.4 Å². The Hall–Kier alpha value is -1.44. The molecule has 6 nitrogen and oxygen atoms in total. The van der Waals surface area contributed by atoms with Crippen LogP contribution in [0.25, 0.3) is 0 Å². The van der Waals surface area contributed by atoms with Crippen LogP contribution >= 0.6 is 0 Å². The Morgan fingerprint density at radius 3 is 2.42 bits per heavy atom. The van der Waals surface area contributed by atoms with Crippen LogP contribution in [0.15, 0.2) is 17.0 Å². The van der Waals surface area contributed by atoms with E-state index in [1.54, 1.807) is 13.0 Å². The van der Waals surface area contributed by atoms with E-state index in [9.17, 15) is 13.2 Å². The molecule has 0 aromatic heterocycles. The van der Waals surface area contributed by atoms with Gasteiger partial charge in [0.2, 0.25) is 10.0 Å². The predicted molar refractivity (Wildman–Crippen MR) is 102 cm³/mol. The molecular formula is C19H30N2O4S. The molecule has 0 radical (unpaired) electrons. The highest BCUT2D eigenvalue weighted by Gasteiger charge is 2.30. The van der Waals surface area contributed by atoms with E-state index in [-0.39, 0.29) is 24.0 Å². The summed E-state index contributed by atoms with van der Waals surface area (Å²) >= 11 is 0. The monoisotopic (exact) mass is 382 g/mol. The first-order chi connectivity index (χ1) is 12.2. The molecule has 1 heterocycles. The number of aryl methyl sites for hydroxylation is 1. The highest BCUT2D eigenvalue weighted by molar-refractivity contribution is 7.89. The number of nitrogens with zero attached hydrogens (tertiary/aromatic N) is 2. The number of aliphatic hydroxyl groups is 1. The first kappa shape index (κ1) is 20.9. The molecule has 1 saturated heterocycles. The normalized spacial score (nSPS) is 16.7. The summed E-state index contributed by atoms with van der Waals surface area (Å²) in [5, 5.41) is 9.14. The summed E-state index contributed by atoms with van der Waals surface area (Å²) in [6, 6.07) is 3.23. The summed E-state index contributed by atoms with van der Waals surface area (Å²) < 4.78 is 27.9. The second-order valence-corrected chi connectivity index (χ2v) is 9.02. The van der Waals surface area contributed by atoms with Crippen molar-refractivity contribution in [1.82, 2.24) is 9.21 Å². The third-order valence-corrected chi connectivity index (χ3v) is 7.29. The Balaban J connectivity index is 2.43. The van der Waals surface area contributed by atoms with Gasteiger partial charge in [-0.2, -0.15) is 4.31 Å². The lowest BCUT2D eigenvalue weighted by atomic mass is 10.0. The summed E-state index contributed by atoms with van der Waals surface area (Å²) in [5.41, 5.74) is 1.82. The van der Waals surface area contributed by atoms with Crippen LogP contribution in [0.1, 0.15) is 48.2 Å². The zero-order valence-corrected chi connectivity index (χ0v) is 17.0. The van der Waals surface area contributed by atoms with Crippen LogP contribution in [0.4, 0.5) is 0 Å². The van der Waals surface area contributed by atoms with E-state index in [4.69, 9.17) is 5.11 Å². The number of aliphatic hydroxyl groups excluding tert-OH is 1. The topological polar surface area (TPSA) is 77.9 Å². The molecule has 7 heteroatoms. The fourth-order valence-corrected chi connectivity index (χ4v) is 5.08. The standard InChI is InChI=1S/C19H30N2O4S/c1-5-20(10-11-22)19(23)17-12-15(3)16(4)18(13-17)26(24,25)21-8-6-14(2)7-9-21/h12-14,22H,5-11H2,1-4H3. The van der Waals surface area contributed by atoms with Crippen molar-refractivity contribution in [1.29, 1.82) is 0 Å². The molecular weight excluding hydrogens is 352 g/mol. The van der Waals surface area contributed by atoms with Crippen molar-refractivity contribution in [3.05, 3.63) is 28.8 Å². The van der Waals surface area contributed by atoms with Crippen molar-refractivity contribution < 1.29 is 18.3 Å². The average Bonchev–Trinajstić information content (AvgIpc) is 2.61. The molecule has 1 aromatic rings. The maximum atomic E-state index is 13.2. The molecule has 26 heavy (non-hydrogen) atoms. The van der Waals surface area contributed by atoms with Crippen LogP contribution in [0, 0.1) is 19.8 Å². The molecule has 0 aliphatic carbocycles. The zero-order chi connectivity index (χ0) is 19.5. The first-order valence-corrected chi connectivity index (χ1v) is 10.7. The number of piperidine rings is 1. The fourth-order valence-electron chi connectivity index (χ4n) is 3.29. The smallest absolute Gasteiger partial charge is 0.253 e. The minimum atomic E-state index is -3.63. The molecule has 1 aliphatic heterocycles. The molecule has 1 amide bonds. The van der Waals surface area contributed by atoms with Crippen molar-refractivity contribution in [2.24, 2.45) is 5.92 Å². The number of carbonyl (C=O) groups is 1. The molecule has 2 rings (SSSR count). The van der Waals surface area contributed by atoms with Gasteiger partial charge in [-0.3, -0.25) is 4.79 Å². The number of amides is 1. The van der Waals surface area contributed by atoms with Gasteiger partial charge in [0.1, 0.15) is 0 Å². The summed E-state index contributed by atoms with van der Waals surface area (Å²) in [7, 11) is -3.63. The van der Waals surface area contributed by atoms with E-state index >= 15 is 0 Å². The lowest BCUT2D eigenvalue weighted by molar-refractivity contribution is 0.0731. The maximum Gasteiger partial charge on any atom is 0.253 e. The van der Waals surface area contributed by atoms with Gasteiger partial charge in [0.25, 0.3) is 5.91 Å². The molecule has 0 bridgehead atoms. The van der Waals surface area contributed by atoms with Gasteiger partial charge in [-0.1, -0.05) is 6.92 Å². The molecule has 1 aliphatic rings. The molecule has 1 aromatic carbocycles. The van der Waals surface area contributed by atoms with Gasteiger partial charge in [0.15, 0.2) is 0 Å². The summed E-state index contributed by atoms with van der Waals surface area (Å²) in [4.78, 5) is 14.5. The van der Waals surface area contributed by atoms with Crippen LogP contribution in [0.2, 0.25) is 0 Å². The molecule has 0 atom stereocenters. The van der Waals surface area contributed by atoms with Gasteiger partial charge in [-0.05, 0) is 62.8 Å². The Labute approximate surface area is 156 Å². The molecule has 1 N–H and O–H groups in total. The molecule has 1 fully saturated rings. The number of likely N-dealkylation sites (N-methyl/N-ethyl adjacent to an activating group) is 1. The zero-order valence-electron chi connectivity index (χ0n) is 16.2. The van der Waals surface area contributed by atoms with Crippen LogP contribution in [-0.2, 0) is 10.0 Å². The van der Waals surface area contributed by atoms with E-state index in [0.717, 1.165) is 18.4 Å². The lowest BCUT2D eigenvalue weighted by Crippen LogP contribution is -2.38. The first-order valence-electron chi connectivity index (χ1n) is 9.23. The van der Waals surface area contributed by atoms with Gasteiger partial charge >= 0.3 is 0 Å². The number of hydrogen-bond acceptors (Lipinski definition) is 4. The highest BCUT2D eigenvalue weighted by atomic mass is 32.2. The minimum absolute atomic E-state index is 0.123. The largest absolute Gasteiger partial charge is 0.395 e. The Kier molecular flexibility index (Phi) is 6.82. The average molecular weight is 383 g/mol. The van der Waals surface area contributed by atoms with Crippen molar-refractivity contribution in [3.63, 3.8) is 0 Å². The second kappa shape index (κ2) is 8.50. The van der Waals surface area contributed by atoms with E-state index in [1.807, 2.05) is 13.8 Å². The third kappa shape index (κ3) is 4.27. The predicted octanol–water partition coefficient (Wildman–Crippen LogP) is 2.18. The fraction of sp³-hybridized carbons (Fsp3) is 0.632. The van der Waals surface area contributed by atoms with Gasteiger partial charge in [0, 0.05) is 31.7 Å². The SMILES string of the molecule is CCN(CCO)C(=O)c1cc(C)c(C)c(S(=O)(=O)N2CCC(C)CC2)c1. The van der Waals surface area contributed by atoms with E-state index in [0.29, 0.717) is 36.7 Å². The quantitative estimate of drug-likeness (QED) is 0.818. The Morgan fingerprint density at radius 1 is 1.27 bits per heavy atom. The Morgan fingerprint density at radius 2 is 1.88 bits per heavy atom. The Bertz CT molecular complexity index is 753. The van der Waals surface area contributed by atoms with Crippen LogP contribution in [0.3, 0.4) is 0 Å². The molecule has 146 valence electrons. The number of hydrogen-bond donors (Lipinski definition) is 1. The van der Waals surface area contributed by atoms with Crippen molar-refractivity contribution in [2.75, 3.05) is 32.8 Å². The van der Waals surface area contributed by atoms with Crippen molar-refractivity contribution in [3.8, 4) is 0 Å². The third-order valence-electron chi connectivity index (χ3n) is 5.27. The molecule has 0 unspecified atom stereocenters. The van der Waals surface area contributed by atoms with Crippen LogP contribution in [0.5, 0.6) is 0 Å². The van der Waals surface area contributed by atoms with E-state index in [1.165, 1.54) is 15.3 Å². The molecule has 0 spiro atoms. The van der Waals surface area contributed by atoms with Gasteiger partial charge in [-0.15, -0.1) is 0 Å². The number of sulfonamides is 1. The number of carbonyl (C=O) groups excluding carboxylic acids is 1. The van der Waals surface area contributed by atoms with Gasteiger partial charge in [0.05, 0.1) is 11.5 Å².